The molecule has 1 saturated heterocycles. The molecule has 1 aliphatic heterocycles. The third kappa shape index (κ3) is 3.69. The maximum atomic E-state index is 13.6. The number of alkyl halides is 3. The van der Waals surface area contributed by atoms with Gasteiger partial charge >= 0.3 is 6.18 Å². The van der Waals surface area contributed by atoms with Crippen molar-refractivity contribution in [2.75, 3.05) is 25.0 Å². The number of pyridine rings is 2. The summed E-state index contributed by atoms with van der Waals surface area (Å²) in [4.78, 5) is 21.6. The SMILES string of the molecule is CNC(=O)c1csc2c(C(F)(F)F)cc(N3CC(Oc4cncc(F)c4)C3)nc12. The number of halogens is 4. The smallest absolute Gasteiger partial charge is 0.417 e. The second-order valence-electron chi connectivity index (χ2n) is 6.42. The topological polar surface area (TPSA) is 67.4 Å². The van der Waals surface area contributed by atoms with Gasteiger partial charge < -0.3 is 15.0 Å². The minimum atomic E-state index is -4.59. The van der Waals surface area contributed by atoms with Crippen LogP contribution >= 0.6 is 11.3 Å². The fourth-order valence-corrected chi connectivity index (χ4v) is 4.04. The molecular weight excluding hydrogens is 412 g/mol. The van der Waals surface area contributed by atoms with Gasteiger partial charge in [-0.15, -0.1) is 11.3 Å². The lowest BCUT2D eigenvalue weighted by molar-refractivity contribution is -0.136. The Morgan fingerprint density at radius 1 is 1.31 bits per heavy atom. The molecule has 6 nitrogen and oxygen atoms in total. The van der Waals surface area contributed by atoms with Crippen molar-refractivity contribution in [3.05, 3.63) is 46.9 Å². The van der Waals surface area contributed by atoms with Crippen LogP contribution in [0.2, 0.25) is 0 Å². The van der Waals surface area contributed by atoms with Crippen molar-refractivity contribution in [3.8, 4) is 5.75 Å². The number of ether oxygens (including phenoxy) is 1. The number of carbonyl (C=O) groups excluding carboxylic acids is 1. The molecule has 0 aliphatic carbocycles. The second kappa shape index (κ2) is 7.14. The van der Waals surface area contributed by atoms with E-state index in [9.17, 15) is 22.4 Å². The molecule has 1 aliphatic rings. The van der Waals surface area contributed by atoms with Gasteiger partial charge in [0.15, 0.2) is 0 Å². The van der Waals surface area contributed by atoms with Crippen molar-refractivity contribution in [2.24, 2.45) is 0 Å². The van der Waals surface area contributed by atoms with Crippen LogP contribution in [0.5, 0.6) is 5.75 Å². The van der Waals surface area contributed by atoms with E-state index in [2.05, 4.69) is 15.3 Å². The van der Waals surface area contributed by atoms with Crippen molar-refractivity contribution in [2.45, 2.75) is 12.3 Å². The summed E-state index contributed by atoms with van der Waals surface area (Å²) in [7, 11) is 1.40. The van der Waals surface area contributed by atoms with Crippen molar-refractivity contribution in [1.29, 1.82) is 0 Å². The second-order valence-corrected chi connectivity index (χ2v) is 7.30. The average molecular weight is 426 g/mol. The zero-order valence-corrected chi connectivity index (χ0v) is 15.8. The molecule has 4 rings (SSSR count). The standard InChI is InChI=1S/C18H14F4N4O2S/c1-23-17(27)12-8-29-16-13(18(20,21)22)3-14(25-15(12)16)26-6-11(7-26)28-10-2-9(19)4-24-5-10/h2-5,8,11H,6-7H2,1H3,(H,23,27). The number of aromatic nitrogens is 2. The Balaban J connectivity index is 1.62. The Morgan fingerprint density at radius 2 is 2.07 bits per heavy atom. The number of carbonyl (C=O) groups is 1. The van der Waals surface area contributed by atoms with E-state index in [1.54, 1.807) is 4.90 Å². The molecule has 1 amide bonds. The number of hydrogen-bond acceptors (Lipinski definition) is 6. The number of nitrogens with zero attached hydrogens (tertiary/aromatic N) is 3. The molecule has 1 fully saturated rings. The molecule has 29 heavy (non-hydrogen) atoms. The van der Waals surface area contributed by atoms with E-state index in [4.69, 9.17) is 4.74 Å². The highest BCUT2D eigenvalue weighted by Crippen LogP contribution is 2.40. The van der Waals surface area contributed by atoms with E-state index in [0.29, 0.717) is 0 Å². The summed E-state index contributed by atoms with van der Waals surface area (Å²) in [5.74, 6) is -0.698. The van der Waals surface area contributed by atoms with Crippen molar-refractivity contribution < 1.29 is 27.1 Å². The number of anilines is 1. The van der Waals surface area contributed by atoms with Crippen LogP contribution < -0.4 is 15.0 Å². The summed E-state index contributed by atoms with van der Waals surface area (Å²) in [5, 5.41) is 3.78. The van der Waals surface area contributed by atoms with E-state index >= 15 is 0 Å². The van der Waals surface area contributed by atoms with Gasteiger partial charge in [0.1, 0.15) is 23.5 Å². The molecule has 4 heterocycles. The van der Waals surface area contributed by atoms with E-state index in [1.165, 1.54) is 24.7 Å². The molecule has 0 bridgehead atoms. The van der Waals surface area contributed by atoms with Crippen molar-refractivity contribution in [1.82, 2.24) is 15.3 Å². The van der Waals surface area contributed by atoms with Crippen LogP contribution in [0.1, 0.15) is 15.9 Å². The highest BCUT2D eigenvalue weighted by atomic mass is 32.1. The first-order valence-corrected chi connectivity index (χ1v) is 9.38. The first-order valence-electron chi connectivity index (χ1n) is 8.50. The molecular formula is C18H14F4N4O2S. The zero-order chi connectivity index (χ0) is 20.8. The highest BCUT2D eigenvalue weighted by Gasteiger charge is 2.37. The molecule has 0 saturated carbocycles. The quantitative estimate of drug-likeness (QED) is 0.647. The molecule has 1 N–H and O–H groups in total. The predicted molar refractivity (Wildman–Crippen MR) is 98.8 cm³/mol. The fraction of sp³-hybridized carbons (Fsp3) is 0.278. The van der Waals surface area contributed by atoms with Gasteiger partial charge in [0.2, 0.25) is 0 Å². The van der Waals surface area contributed by atoms with Gasteiger partial charge in [0, 0.05) is 18.5 Å². The lowest BCUT2D eigenvalue weighted by Gasteiger charge is -2.40. The van der Waals surface area contributed by atoms with E-state index in [1.807, 2.05) is 0 Å². The van der Waals surface area contributed by atoms with Crippen LogP contribution in [-0.4, -0.2) is 42.1 Å². The van der Waals surface area contributed by atoms with Crippen LogP contribution in [0, 0.1) is 5.82 Å². The molecule has 3 aromatic heterocycles. The number of nitrogens with one attached hydrogen (secondary N) is 1. The summed E-state index contributed by atoms with van der Waals surface area (Å²) in [6.07, 6.45) is -2.53. The number of amides is 1. The summed E-state index contributed by atoms with van der Waals surface area (Å²) in [6.45, 7) is 0.539. The zero-order valence-electron chi connectivity index (χ0n) is 15.0. The third-order valence-electron chi connectivity index (χ3n) is 4.44. The first-order chi connectivity index (χ1) is 13.8. The summed E-state index contributed by atoms with van der Waals surface area (Å²) in [5.41, 5.74) is -0.728. The highest BCUT2D eigenvalue weighted by molar-refractivity contribution is 7.17. The van der Waals surface area contributed by atoms with Gasteiger partial charge in [-0.3, -0.25) is 9.78 Å². The Bertz CT molecular complexity index is 1080. The lowest BCUT2D eigenvalue weighted by Crippen LogP contribution is -2.54. The van der Waals surface area contributed by atoms with Gasteiger partial charge in [-0.05, 0) is 6.07 Å². The third-order valence-corrected chi connectivity index (χ3v) is 5.44. The minimum absolute atomic E-state index is 0.0119. The summed E-state index contributed by atoms with van der Waals surface area (Å²) in [6, 6.07) is 2.16. The Hall–Kier alpha value is -2.95. The summed E-state index contributed by atoms with van der Waals surface area (Å²) >= 11 is 0.832. The van der Waals surface area contributed by atoms with Gasteiger partial charge in [0.25, 0.3) is 5.91 Å². The van der Waals surface area contributed by atoms with Crippen molar-refractivity contribution in [3.63, 3.8) is 0 Å². The monoisotopic (exact) mass is 426 g/mol. The first kappa shape index (κ1) is 19.4. The predicted octanol–water partition coefficient (Wildman–Crippen LogP) is 3.48. The molecule has 0 radical (unpaired) electrons. The van der Waals surface area contributed by atoms with E-state index in [0.717, 1.165) is 23.6 Å². The molecule has 0 atom stereocenters. The fourth-order valence-electron chi connectivity index (χ4n) is 3.01. The number of thiophene rings is 1. The van der Waals surface area contributed by atoms with Gasteiger partial charge in [0.05, 0.1) is 46.8 Å². The van der Waals surface area contributed by atoms with Crippen LogP contribution in [0.25, 0.3) is 10.2 Å². The van der Waals surface area contributed by atoms with Crippen LogP contribution in [0.4, 0.5) is 23.4 Å². The molecule has 3 aromatic rings. The minimum Gasteiger partial charge on any atom is -0.485 e. The van der Waals surface area contributed by atoms with Gasteiger partial charge in [-0.2, -0.15) is 13.2 Å². The van der Waals surface area contributed by atoms with Gasteiger partial charge in [-0.1, -0.05) is 0 Å². The number of fused-ring (bicyclic) bond motifs is 1. The normalized spacial score (nSPS) is 14.7. The van der Waals surface area contributed by atoms with E-state index in [-0.39, 0.29) is 46.5 Å². The van der Waals surface area contributed by atoms with Gasteiger partial charge in [-0.25, -0.2) is 9.37 Å². The maximum Gasteiger partial charge on any atom is 0.417 e. The lowest BCUT2D eigenvalue weighted by atomic mass is 10.1. The molecule has 0 aromatic carbocycles. The van der Waals surface area contributed by atoms with Crippen molar-refractivity contribution >= 4 is 33.3 Å². The number of rotatable bonds is 4. The summed E-state index contributed by atoms with van der Waals surface area (Å²) < 4.78 is 59.4. The largest absolute Gasteiger partial charge is 0.485 e. The Kier molecular flexibility index (Phi) is 4.77. The molecule has 152 valence electrons. The number of hydrogen-bond donors (Lipinski definition) is 1. The van der Waals surface area contributed by atoms with E-state index < -0.39 is 23.5 Å². The average Bonchev–Trinajstić information content (AvgIpc) is 3.06. The molecule has 0 unspecified atom stereocenters. The van der Waals surface area contributed by atoms with Crippen LogP contribution in [-0.2, 0) is 6.18 Å². The maximum absolute atomic E-state index is 13.6. The van der Waals surface area contributed by atoms with Crippen LogP contribution in [0.3, 0.4) is 0 Å². The Morgan fingerprint density at radius 3 is 2.72 bits per heavy atom. The van der Waals surface area contributed by atoms with Crippen LogP contribution in [0.15, 0.2) is 29.9 Å². The molecule has 11 heteroatoms. The molecule has 0 spiro atoms. The Labute approximate surface area is 166 Å².